The molecule has 0 spiro atoms. The summed E-state index contributed by atoms with van der Waals surface area (Å²) in [6.45, 7) is 6.62. The van der Waals surface area contributed by atoms with Gasteiger partial charge in [-0.15, -0.1) is 5.10 Å². The van der Waals surface area contributed by atoms with Crippen molar-refractivity contribution in [3.05, 3.63) is 11.8 Å². The molecule has 0 saturated heterocycles. The number of nitrogens with zero attached hydrogens (tertiary/aromatic N) is 3. The topological polar surface area (TPSA) is 62.7 Å². The third-order valence-corrected chi connectivity index (χ3v) is 3.95. The predicted molar refractivity (Wildman–Crippen MR) is 79.3 cm³/mol. The zero-order valence-electron chi connectivity index (χ0n) is 13.1. The van der Waals surface area contributed by atoms with Crippen LogP contribution in [-0.2, 0) is 5.41 Å². The molecule has 0 saturated carbocycles. The van der Waals surface area contributed by atoms with Crippen molar-refractivity contribution >= 4 is 0 Å². The number of hydrogen-bond acceptors (Lipinski definition) is 4. The second-order valence-corrected chi connectivity index (χ2v) is 5.85. The lowest BCUT2D eigenvalue weighted by Gasteiger charge is -2.25. The molecule has 0 amide bonds. The molecule has 0 fully saturated rings. The summed E-state index contributed by atoms with van der Waals surface area (Å²) >= 11 is 0. The van der Waals surface area contributed by atoms with E-state index in [1.165, 1.54) is 44.9 Å². The molecule has 112 valence electrons. The van der Waals surface area contributed by atoms with Gasteiger partial charge in [0.1, 0.15) is 0 Å². The summed E-state index contributed by atoms with van der Waals surface area (Å²) in [6.07, 6.45) is 10.7. The Morgan fingerprint density at radius 1 is 1.00 bits per heavy atom. The Balaban J connectivity index is 2.69. The molecule has 0 radical (unpaired) electrons. The van der Waals surface area contributed by atoms with Crippen molar-refractivity contribution in [2.24, 2.45) is 0 Å². The molecule has 1 atom stereocenters. The van der Waals surface area contributed by atoms with Crippen LogP contribution in [0.3, 0.4) is 0 Å². The van der Waals surface area contributed by atoms with Crippen LogP contribution in [0.5, 0.6) is 0 Å². The first-order valence-corrected chi connectivity index (χ1v) is 7.90. The van der Waals surface area contributed by atoms with Gasteiger partial charge in [-0.1, -0.05) is 70.8 Å². The highest BCUT2D eigenvalue weighted by molar-refractivity contribution is 5.08. The highest BCUT2D eigenvalue weighted by Gasteiger charge is 2.31. The lowest BCUT2D eigenvalue weighted by molar-refractivity contribution is 0.286. The van der Waals surface area contributed by atoms with E-state index >= 15 is 0 Å². The molecule has 0 N–H and O–H groups in total. The van der Waals surface area contributed by atoms with Gasteiger partial charge in [-0.2, -0.15) is 5.26 Å². The van der Waals surface area contributed by atoms with Crippen molar-refractivity contribution in [3.63, 3.8) is 0 Å². The van der Waals surface area contributed by atoms with Gasteiger partial charge in [-0.25, -0.2) is 0 Å². The molecule has 1 aromatic heterocycles. The minimum atomic E-state index is -0.0784. The summed E-state index contributed by atoms with van der Waals surface area (Å²) in [4.78, 5) is 0. The summed E-state index contributed by atoms with van der Waals surface area (Å²) in [6, 6.07) is 1.92. The van der Waals surface area contributed by atoms with Gasteiger partial charge in [0.25, 0.3) is 0 Å². The maximum Gasteiger partial charge on any atom is 0.321 e. The number of rotatable bonds is 10. The van der Waals surface area contributed by atoms with Crippen LogP contribution >= 0.6 is 0 Å². The maximum absolute atomic E-state index is 8.83. The van der Waals surface area contributed by atoms with E-state index < -0.39 is 0 Å². The molecular weight excluding hydrogens is 250 g/mol. The Labute approximate surface area is 122 Å². The molecule has 4 nitrogen and oxygen atoms in total. The van der Waals surface area contributed by atoms with Crippen LogP contribution in [0, 0.1) is 11.3 Å². The van der Waals surface area contributed by atoms with Crippen LogP contribution in [0.1, 0.15) is 90.3 Å². The first-order chi connectivity index (χ1) is 9.66. The maximum atomic E-state index is 8.83. The molecule has 1 rings (SSSR count). The van der Waals surface area contributed by atoms with Gasteiger partial charge in [-0.3, -0.25) is 0 Å². The van der Waals surface area contributed by atoms with Crippen LogP contribution in [0.25, 0.3) is 0 Å². The molecule has 1 heterocycles. The largest absolute Gasteiger partial charge is 0.412 e. The molecule has 1 aromatic rings. The zero-order valence-corrected chi connectivity index (χ0v) is 13.1. The third-order valence-electron chi connectivity index (χ3n) is 3.95. The number of hydrogen-bond donors (Lipinski definition) is 0. The average molecular weight is 277 g/mol. The van der Waals surface area contributed by atoms with Gasteiger partial charge in [0, 0.05) is 5.41 Å². The minimum absolute atomic E-state index is 0.0784. The molecule has 20 heavy (non-hydrogen) atoms. The van der Waals surface area contributed by atoms with Crippen molar-refractivity contribution in [3.8, 4) is 6.07 Å². The first kappa shape index (κ1) is 16.7. The fraction of sp³-hybridized carbons (Fsp3) is 0.812. The number of unbranched alkanes of at least 4 members (excludes halogenated alkanes) is 5. The lowest BCUT2D eigenvalue weighted by Crippen LogP contribution is -2.22. The normalized spacial score (nSPS) is 13.9. The van der Waals surface area contributed by atoms with Crippen molar-refractivity contribution in [2.45, 2.75) is 84.0 Å². The molecule has 1 unspecified atom stereocenters. The van der Waals surface area contributed by atoms with Crippen molar-refractivity contribution < 1.29 is 4.42 Å². The van der Waals surface area contributed by atoms with Crippen LogP contribution < -0.4 is 0 Å². The van der Waals surface area contributed by atoms with Crippen molar-refractivity contribution in [1.82, 2.24) is 10.2 Å². The molecule has 0 aliphatic rings. The first-order valence-electron chi connectivity index (χ1n) is 7.90. The molecule has 0 aliphatic carbocycles. The standard InChI is InChI=1S/C16H27N3O/c1-4-6-8-10-12-16(3,11-9-7-5-2)15-19-18-14(13-17)20-15/h4-12H2,1-3H3. The van der Waals surface area contributed by atoms with E-state index in [-0.39, 0.29) is 11.3 Å². The van der Waals surface area contributed by atoms with Crippen LogP contribution in [0.15, 0.2) is 4.42 Å². The van der Waals surface area contributed by atoms with Gasteiger partial charge in [0.05, 0.1) is 0 Å². The summed E-state index contributed by atoms with van der Waals surface area (Å²) < 4.78 is 5.50. The van der Waals surface area contributed by atoms with E-state index in [0.29, 0.717) is 5.89 Å². The van der Waals surface area contributed by atoms with Crippen LogP contribution in [0.2, 0.25) is 0 Å². The van der Waals surface area contributed by atoms with Gasteiger partial charge < -0.3 is 4.42 Å². The molecule has 0 bridgehead atoms. The van der Waals surface area contributed by atoms with Gasteiger partial charge >= 0.3 is 5.89 Å². The highest BCUT2D eigenvalue weighted by atomic mass is 16.4. The second-order valence-electron chi connectivity index (χ2n) is 5.85. The Hall–Kier alpha value is -1.37. The molecular formula is C16H27N3O. The van der Waals surface area contributed by atoms with E-state index in [4.69, 9.17) is 9.68 Å². The molecule has 0 aromatic carbocycles. The molecule has 0 aliphatic heterocycles. The fourth-order valence-corrected chi connectivity index (χ4v) is 2.56. The van der Waals surface area contributed by atoms with Crippen LogP contribution in [0.4, 0.5) is 0 Å². The smallest absolute Gasteiger partial charge is 0.321 e. The van der Waals surface area contributed by atoms with E-state index in [1.807, 2.05) is 6.07 Å². The van der Waals surface area contributed by atoms with E-state index in [9.17, 15) is 0 Å². The SMILES string of the molecule is CCCCCCC(C)(CCCCC)c1nnc(C#N)o1. The van der Waals surface area contributed by atoms with Gasteiger partial charge in [-0.05, 0) is 12.8 Å². The van der Waals surface area contributed by atoms with E-state index in [1.54, 1.807) is 0 Å². The summed E-state index contributed by atoms with van der Waals surface area (Å²) in [5.74, 6) is 0.719. The average Bonchev–Trinajstić information content (AvgIpc) is 2.94. The van der Waals surface area contributed by atoms with Crippen LogP contribution in [-0.4, -0.2) is 10.2 Å². The van der Waals surface area contributed by atoms with Crippen molar-refractivity contribution in [2.75, 3.05) is 0 Å². The zero-order chi connectivity index (χ0) is 14.8. The Kier molecular flexibility index (Phi) is 7.28. The lowest BCUT2D eigenvalue weighted by atomic mass is 9.79. The van der Waals surface area contributed by atoms with E-state index in [2.05, 4.69) is 31.0 Å². The second kappa shape index (κ2) is 8.73. The van der Waals surface area contributed by atoms with Crippen molar-refractivity contribution in [1.29, 1.82) is 5.26 Å². The third kappa shape index (κ3) is 4.96. The number of aromatic nitrogens is 2. The monoisotopic (exact) mass is 277 g/mol. The summed E-state index contributed by atoms with van der Waals surface area (Å²) in [5, 5.41) is 16.7. The molecule has 4 heteroatoms. The van der Waals surface area contributed by atoms with E-state index in [0.717, 1.165) is 12.8 Å². The van der Waals surface area contributed by atoms with Gasteiger partial charge in [0.15, 0.2) is 6.07 Å². The Bertz CT molecular complexity index is 422. The summed E-state index contributed by atoms with van der Waals surface area (Å²) in [5.41, 5.74) is -0.0784. The number of nitriles is 1. The quantitative estimate of drug-likeness (QED) is 0.579. The van der Waals surface area contributed by atoms with Gasteiger partial charge in [0.2, 0.25) is 5.89 Å². The Morgan fingerprint density at radius 3 is 2.15 bits per heavy atom. The fourth-order valence-electron chi connectivity index (χ4n) is 2.56. The summed E-state index contributed by atoms with van der Waals surface area (Å²) in [7, 11) is 0. The minimum Gasteiger partial charge on any atom is -0.412 e. The predicted octanol–water partition coefficient (Wildman–Crippen LogP) is 4.75. The Morgan fingerprint density at radius 2 is 1.60 bits per heavy atom. The highest BCUT2D eigenvalue weighted by Crippen LogP contribution is 2.34.